The van der Waals surface area contributed by atoms with Crippen molar-refractivity contribution in [2.24, 2.45) is 0 Å². The van der Waals surface area contributed by atoms with Crippen molar-refractivity contribution in [2.45, 2.75) is 32.6 Å². The molecule has 2 N–H and O–H groups in total. The monoisotopic (exact) mass is 251 g/mol. The molecular formula is C13H17NO4. The third-order valence-corrected chi connectivity index (χ3v) is 2.32. The van der Waals surface area contributed by atoms with Gasteiger partial charge in [0.05, 0.1) is 6.10 Å². The Bertz CT molecular complexity index is 403. The third kappa shape index (κ3) is 4.55. The lowest BCUT2D eigenvalue weighted by Crippen LogP contribution is -2.47. The zero-order valence-corrected chi connectivity index (χ0v) is 10.4. The van der Waals surface area contributed by atoms with Gasteiger partial charge in [-0.25, -0.2) is 4.79 Å². The van der Waals surface area contributed by atoms with E-state index < -0.39 is 24.0 Å². The lowest BCUT2D eigenvalue weighted by atomic mass is 10.2. The van der Waals surface area contributed by atoms with Gasteiger partial charge in [0.15, 0.2) is 6.04 Å². The van der Waals surface area contributed by atoms with Crippen LogP contribution in [0.25, 0.3) is 0 Å². The van der Waals surface area contributed by atoms with E-state index in [0.717, 1.165) is 5.56 Å². The summed E-state index contributed by atoms with van der Waals surface area (Å²) in [6, 6.07) is 8.14. The minimum absolute atomic E-state index is 0.114. The second-order valence-corrected chi connectivity index (χ2v) is 4.01. The van der Waals surface area contributed by atoms with Crippen LogP contribution < -0.4 is 5.32 Å². The molecule has 0 saturated heterocycles. The van der Waals surface area contributed by atoms with Gasteiger partial charge < -0.3 is 15.2 Å². The molecule has 18 heavy (non-hydrogen) atoms. The van der Waals surface area contributed by atoms with Gasteiger partial charge in [0, 0.05) is 6.92 Å². The predicted octanol–water partition coefficient (Wildman–Crippen LogP) is 0.615. The summed E-state index contributed by atoms with van der Waals surface area (Å²) < 4.78 is 5.04. The summed E-state index contributed by atoms with van der Waals surface area (Å²) in [5.74, 6) is -1.04. The first-order valence-electron chi connectivity index (χ1n) is 5.66. The van der Waals surface area contributed by atoms with E-state index in [0.29, 0.717) is 0 Å². The van der Waals surface area contributed by atoms with Gasteiger partial charge in [0.1, 0.15) is 6.61 Å². The Labute approximate surface area is 106 Å². The van der Waals surface area contributed by atoms with Crippen molar-refractivity contribution >= 4 is 11.9 Å². The highest BCUT2D eigenvalue weighted by Crippen LogP contribution is 2.03. The molecule has 98 valence electrons. The molecule has 0 spiro atoms. The average molecular weight is 251 g/mol. The number of aliphatic hydroxyl groups is 1. The Morgan fingerprint density at radius 3 is 2.44 bits per heavy atom. The van der Waals surface area contributed by atoms with Crippen LogP contribution in [-0.2, 0) is 20.9 Å². The number of nitrogens with one attached hydrogen (secondary N) is 1. The van der Waals surface area contributed by atoms with E-state index in [4.69, 9.17) is 4.74 Å². The number of benzene rings is 1. The molecule has 0 unspecified atom stereocenters. The van der Waals surface area contributed by atoms with Crippen LogP contribution >= 0.6 is 0 Å². The highest BCUT2D eigenvalue weighted by Gasteiger charge is 2.25. The standard InChI is InChI=1S/C13H17NO4/c1-9(15)12(14-10(2)16)13(17)18-8-11-6-4-3-5-7-11/h3-7,9,12,15H,8H2,1-2H3,(H,14,16)/t9-,12+/m1/s1. The Kier molecular flexibility index (Phi) is 5.32. The normalized spacial score (nSPS) is 13.5. The largest absolute Gasteiger partial charge is 0.459 e. The SMILES string of the molecule is CC(=O)N[C@H](C(=O)OCc1ccccc1)[C@@H](C)O. The van der Waals surface area contributed by atoms with Crippen molar-refractivity contribution in [3.8, 4) is 0 Å². The molecule has 0 aliphatic rings. The van der Waals surface area contributed by atoms with Gasteiger partial charge in [-0.15, -0.1) is 0 Å². The van der Waals surface area contributed by atoms with Crippen molar-refractivity contribution < 1.29 is 19.4 Å². The number of amides is 1. The summed E-state index contributed by atoms with van der Waals surface area (Å²) in [7, 11) is 0. The zero-order valence-electron chi connectivity index (χ0n) is 10.4. The Balaban J connectivity index is 2.54. The van der Waals surface area contributed by atoms with E-state index in [1.165, 1.54) is 13.8 Å². The molecule has 1 aromatic carbocycles. The summed E-state index contributed by atoms with van der Waals surface area (Å²) in [5.41, 5.74) is 0.845. The average Bonchev–Trinajstić information content (AvgIpc) is 2.34. The number of aliphatic hydroxyl groups excluding tert-OH is 1. The lowest BCUT2D eigenvalue weighted by Gasteiger charge is -2.19. The Morgan fingerprint density at radius 2 is 1.94 bits per heavy atom. The fourth-order valence-electron chi connectivity index (χ4n) is 1.41. The molecule has 2 atom stereocenters. The van der Waals surface area contributed by atoms with Crippen LogP contribution in [0.2, 0.25) is 0 Å². The molecule has 0 heterocycles. The smallest absolute Gasteiger partial charge is 0.331 e. The topological polar surface area (TPSA) is 75.6 Å². The lowest BCUT2D eigenvalue weighted by molar-refractivity contribution is -0.152. The number of rotatable bonds is 5. The van der Waals surface area contributed by atoms with Gasteiger partial charge in [-0.05, 0) is 12.5 Å². The molecule has 0 aliphatic heterocycles. The van der Waals surface area contributed by atoms with Gasteiger partial charge in [-0.1, -0.05) is 30.3 Å². The Hall–Kier alpha value is -1.88. The molecule has 5 nitrogen and oxygen atoms in total. The van der Waals surface area contributed by atoms with Gasteiger partial charge in [0.2, 0.25) is 5.91 Å². The second-order valence-electron chi connectivity index (χ2n) is 4.01. The van der Waals surface area contributed by atoms with Crippen LogP contribution in [0, 0.1) is 0 Å². The molecule has 1 rings (SSSR count). The number of ether oxygens (including phenoxy) is 1. The zero-order chi connectivity index (χ0) is 13.5. The van der Waals surface area contributed by atoms with Gasteiger partial charge in [0.25, 0.3) is 0 Å². The van der Waals surface area contributed by atoms with Crippen LogP contribution in [0.3, 0.4) is 0 Å². The number of hydrogen-bond donors (Lipinski definition) is 2. The fraction of sp³-hybridized carbons (Fsp3) is 0.385. The summed E-state index contributed by atoms with van der Waals surface area (Å²) >= 11 is 0. The van der Waals surface area contributed by atoms with E-state index in [1.807, 2.05) is 30.3 Å². The van der Waals surface area contributed by atoms with E-state index in [9.17, 15) is 14.7 Å². The van der Waals surface area contributed by atoms with Gasteiger partial charge in [-0.2, -0.15) is 0 Å². The minimum Gasteiger partial charge on any atom is -0.459 e. The summed E-state index contributed by atoms with van der Waals surface area (Å²) in [4.78, 5) is 22.6. The minimum atomic E-state index is -1.04. The van der Waals surface area contributed by atoms with Crippen molar-refractivity contribution in [3.05, 3.63) is 35.9 Å². The van der Waals surface area contributed by atoms with Crippen molar-refractivity contribution in [1.29, 1.82) is 0 Å². The van der Waals surface area contributed by atoms with Gasteiger partial charge >= 0.3 is 5.97 Å². The molecule has 1 aromatic rings. The molecule has 5 heteroatoms. The van der Waals surface area contributed by atoms with Crippen LogP contribution in [-0.4, -0.2) is 29.1 Å². The first kappa shape index (κ1) is 14.2. The van der Waals surface area contributed by atoms with Crippen LogP contribution in [0.5, 0.6) is 0 Å². The number of carbonyl (C=O) groups is 2. The summed E-state index contributed by atoms with van der Waals surface area (Å²) in [5, 5.41) is 11.8. The van der Waals surface area contributed by atoms with Crippen molar-refractivity contribution in [3.63, 3.8) is 0 Å². The highest BCUT2D eigenvalue weighted by atomic mass is 16.5. The molecule has 0 aliphatic carbocycles. The maximum atomic E-state index is 11.7. The molecule has 0 bridgehead atoms. The summed E-state index contributed by atoms with van der Waals surface area (Å²) in [6.07, 6.45) is -1.00. The van der Waals surface area contributed by atoms with E-state index in [2.05, 4.69) is 5.32 Å². The molecule has 0 radical (unpaired) electrons. The second kappa shape index (κ2) is 6.76. The number of esters is 1. The van der Waals surface area contributed by atoms with Crippen molar-refractivity contribution in [2.75, 3.05) is 0 Å². The molecule has 0 aromatic heterocycles. The highest BCUT2D eigenvalue weighted by molar-refractivity contribution is 5.83. The van der Waals surface area contributed by atoms with Crippen LogP contribution in [0.4, 0.5) is 0 Å². The van der Waals surface area contributed by atoms with E-state index in [1.54, 1.807) is 0 Å². The third-order valence-electron chi connectivity index (χ3n) is 2.32. The maximum Gasteiger partial charge on any atom is 0.331 e. The molecule has 1 amide bonds. The number of carbonyl (C=O) groups excluding carboxylic acids is 2. The fourth-order valence-corrected chi connectivity index (χ4v) is 1.41. The molecular weight excluding hydrogens is 234 g/mol. The predicted molar refractivity (Wildman–Crippen MR) is 65.5 cm³/mol. The van der Waals surface area contributed by atoms with Gasteiger partial charge in [-0.3, -0.25) is 4.79 Å². The molecule has 0 fully saturated rings. The Morgan fingerprint density at radius 1 is 1.33 bits per heavy atom. The first-order valence-corrected chi connectivity index (χ1v) is 5.66. The molecule has 0 saturated carbocycles. The quantitative estimate of drug-likeness (QED) is 0.752. The van der Waals surface area contributed by atoms with Crippen LogP contribution in [0.15, 0.2) is 30.3 Å². The van der Waals surface area contributed by atoms with E-state index in [-0.39, 0.29) is 6.61 Å². The number of hydrogen-bond acceptors (Lipinski definition) is 4. The summed E-state index contributed by atoms with van der Waals surface area (Å²) in [6.45, 7) is 2.81. The van der Waals surface area contributed by atoms with Crippen LogP contribution in [0.1, 0.15) is 19.4 Å². The first-order chi connectivity index (χ1) is 8.50. The van der Waals surface area contributed by atoms with Crippen molar-refractivity contribution in [1.82, 2.24) is 5.32 Å². The van der Waals surface area contributed by atoms with E-state index >= 15 is 0 Å². The maximum absolute atomic E-state index is 11.7.